The number of aliphatic hydroxyl groups is 2. The zero-order valence-corrected chi connectivity index (χ0v) is 22.0. The summed E-state index contributed by atoms with van der Waals surface area (Å²) in [6, 6.07) is 13.5. The highest BCUT2D eigenvalue weighted by molar-refractivity contribution is 6.09. The Labute approximate surface area is 223 Å². The smallest absolute Gasteiger partial charge is 0.333 e. The van der Waals surface area contributed by atoms with Crippen molar-refractivity contribution in [3.05, 3.63) is 83.7 Å². The van der Waals surface area contributed by atoms with Gasteiger partial charge in [-0.2, -0.15) is 0 Å². The van der Waals surface area contributed by atoms with E-state index in [9.17, 15) is 15.0 Å². The number of aliphatic hydroxyl groups excluding tert-OH is 2. The third-order valence-electron chi connectivity index (χ3n) is 7.57. The van der Waals surface area contributed by atoms with Gasteiger partial charge in [0.05, 0.1) is 30.8 Å². The molecule has 0 bridgehead atoms. The molecule has 1 saturated carbocycles. The van der Waals surface area contributed by atoms with Crippen LogP contribution in [0.2, 0.25) is 0 Å². The quantitative estimate of drug-likeness (QED) is 0.179. The normalized spacial score (nSPS) is 18.6. The van der Waals surface area contributed by atoms with Crippen molar-refractivity contribution in [3.63, 3.8) is 0 Å². The summed E-state index contributed by atoms with van der Waals surface area (Å²) in [5, 5.41) is 22.1. The van der Waals surface area contributed by atoms with Gasteiger partial charge in [0.2, 0.25) is 6.33 Å². The Hall–Kier alpha value is -3.68. The van der Waals surface area contributed by atoms with Crippen LogP contribution in [0.15, 0.2) is 72.6 Å². The van der Waals surface area contributed by atoms with Crippen LogP contribution in [0, 0.1) is 11.8 Å². The van der Waals surface area contributed by atoms with Crippen LogP contribution < -0.4 is 4.90 Å². The lowest BCUT2D eigenvalue weighted by Crippen LogP contribution is -2.33. The van der Waals surface area contributed by atoms with Crippen molar-refractivity contribution >= 4 is 34.9 Å². The first-order chi connectivity index (χ1) is 18.4. The number of anilines is 1. The Bertz CT molecular complexity index is 1430. The number of para-hydroxylation sites is 1. The number of Topliss-reactive ketones (excluding diaryl/α,β-unsaturated/α-hetero) is 1. The van der Waals surface area contributed by atoms with Crippen molar-refractivity contribution in [3.8, 4) is 0 Å². The highest BCUT2D eigenvalue weighted by Gasteiger charge is 2.32. The van der Waals surface area contributed by atoms with Crippen LogP contribution in [-0.4, -0.2) is 63.7 Å². The van der Waals surface area contributed by atoms with Crippen LogP contribution in [0.1, 0.15) is 48.0 Å². The SMILES string of the molecule is C=[N+](CC(CO)c1cccc(N(C)C(O)C2=CCC(C)C=C2)c1)c1ncnc2c(C(=O)C3CC3)cccc12. The van der Waals surface area contributed by atoms with Gasteiger partial charge in [0.15, 0.2) is 12.0 Å². The summed E-state index contributed by atoms with van der Waals surface area (Å²) in [5.74, 6) is 1.10. The highest BCUT2D eigenvalue weighted by atomic mass is 16.3. The van der Waals surface area contributed by atoms with Gasteiger partial charge >= 0.3 is 5.82 Å². The molecule has 0 saturated heterocycles. The Balaban J connectivity index is 1.37. The minimum Gasteiger partial charge on any atom is -0.396 e. The van der Waals surface area contributed by atoms with Gasteiger partial charge in [0.1, 0.15) is 0 Å². The maximum absolute atomic E-state index is 12.8. The summed E-state index contributed by atoms with van der Waals surface area (Å²) >= 11 is 0. The monoisotopic (exact) mass is 511 g/mol. The molecule has 196 valence electrons. The van der Waals surface area contributed by atoms with Crippen LogP contribution in [-0.2, 0) is 0 Å². The number of aromatic nitrogens is 2. The number of likely N-dealkylation sites (N-methyl/N-ethyl adjacent to an activating group) is 1. The standard InChI is InChI=1S/C31H35N4O3/c1-20-10-12-22(13-11-20)31(38)35(3)25-7-4-6-23(16-25)24(18-36)17-34(2)30-27-9-5-8-26(28(27)32-19-33-30)29(37)21-14-15-21/h4-10,12-13,16,19-21,24,31,36,38H,2,11,14-15,17-18H2,1,3H3/q+1. The summed E-state index contributed by atoms with van der Waals surface area (Å²) < 4.78 is 1.76. The summed E-state index contributed by atoms with van der Waals surface area (Å²) in [5.41, 5.74) is 3.94. The first-order valence-electron chi connectivity index (χ1n) is 13.2. The highest BCUT2D eigenvalue weighted by Crippen LogP contribution is 2.35. The van der Waals surface area contributed by atoms with Gasteiger partial charge in [-0.3, -0.25) is 4.79 Å². The van der Waals surface area contributed by atoms with Gasteiger partial charge in [0.25, 0.3) is 0 Å². The fourth-order valence-electron chi connectivity index (χ4n) is 5.01. The lowest BCUT2D eigenvalue weighted by Gasteiger charge is -2.29. The van der Waals surface area contributed by atoms with Gasteiger partial charge in [-0.05, 0) is 65.6 Å². The molecule has 1 aromatic heterocycles. The van der Waals surface area contributed by atoms with E-state index in [1.165, 1.54) is 6.33 Å². The third kappa shape index (κ3) is 5.30. The molecule has 0 radical (unpaired) electrons. The molecule has 3 aromatic rings. The van der Waals surface area contributed by atoms with Crippen molar-refractivity contribution in [1.29, 1.82) is 0 Å². The Morgan fingerprint density at radius 3 is 2.71 bits per heavy atom. The van der Waals surface area contributed by atoms with E-state index in [1.807, 2.05) is 60.5 Å². The average molecular weight is 512 g/mol. The Kier molecular flexibility index (Phi) is 7.49. The van der Waals surface area contributed by atoms with Gasteiger partial charge in [-0.25, -0.2) is 9.56 Å². The van der Waals surface area contributed by atoms with Crippen LogP contribution in [0.3, 0.4) is 0 Å². The van der Waals surface area contributed by atoms with Crippen LogP contribution >= 0.6 is 0 Å². The van der Waals surface area contributed by atoms with Crippen LogP contribution in [0.25, 0.3) is 10.9 Å². The van der Waals surface area contributed by atoms with Gasteiger partial charge < -0.3 is 15.1 Å². The molecule has 0 spiro atoms. The molecule has 3 atom stereocenters. The number of nitrogens with zero attached hydrogens (tertiary/aromatic N) is 4. The van der Waals surface area contributed by atoms with E-state index >= 15 is 0 Å². The van der Waals surface area contributed by atoms with Gasteiger partial charge in [-0.15, -0.1) is 0 Å². The number of hydrogen-bond acceptors (Lipinski definition) is 6. The Morgan fingerprint density at radius 2 is 2.00 bits per heavy atom. The maximum Gasteiger partial charge on any atom is 0.333 e. The second-order valence-corrected chi connectivity index (χ2v) is 10.5. The largest absolute Gasteiger partial charge is 0.396 e. The molecule has 0 amide bonds. The number of carbonyl (C=O) groups is 1. The Morgan fingerprint density at radius 1 is 1.21 bits per heavy atom. The minimum absolute atomic E-state index is 0.0814. The van der Waals surface area contributed by atoms with Gasteiger partial charge in [-0.1, -0.05) is 43.4 Å². The van der Waals surface area contributed by atoms with Crippen LogP contribution in [0.4, 0.5) is 11.5 Å². The van der Waals surface area contributed by atoms with Crippen molar-refractivity contribution in [2.45, 2.75) is 38.3 Å². The molecule has 3 unspecified atom stereocenters. The van der Waals surface area contributed by atoms with E-state index in [1.54, 1.807) is 4.58 Å². The molecule has 0 aliphatic heterocycles. The van der Waals surface area contributed by atoms with E-state index in [4.69, 9.17) is 0 Å². The van der Waals surface area contributed by atoms with Crippen molar-refractivity contribution in [1.82, 2.24) is 9.97 Å². The molecule has 1 heterocycles. The molecule has 2 aromatic carbocycles. The molecule has 7 nitrogen and oxygen atoms in total. The number of benzene rings is 2. The second-order valence-electron chi connectivity index (χ2n) is 10.5. The number of fused-ring (bicyclic) bond motifs is 1. The summed E-state index contributed by atoms with van der Waals surface area (Å²) in [4.78, 5) is 23.6. The third-order valence-corrected chi connectivity index (χ3v) is 7.57. The lowest BCUT2D eigenvalue weighted by atomic mass is 9.96. The number of ketones is 1. The van der Waals surface area contributed by atoms with Crippen molar-refractivity contribution < 1.29 is 19.6 Å². The fourth-order valence-corrected chi connectivity index (χ4v) is 5.01. The lowest BCUT2D eigenvalue weighted by molar-refractivity contribution is -0.438. The molecule has 2 N–H and O–H groups in total. The molecule has 2 aliphatic carbocycles. The first-order valence-corrected chi connectivity index (χ1v) is 13.2. The predicted molar refractivity (Wildman–Crippen MR) is 150 cm³/mol. The molecular formula is C31H35N4O3+. The molecule has 2 aliphatic rings. The van der Waals surface area contributed by atoms with Crippen molar-refractivity contribution in [2.24, 2.45) is 11.8 Å². The summed E-state index contributed by atoms with van der Waals surface area (Å²) in [6.45, 7) is 6.71. The molecule has 5 rings (SSSR count). The number of carbonyl (C=O) groups excluding carboxylic acids is 1. The van der Waals surface area contributed by atoms with E-state index in [0.29, 0.717) is 29.4 Å². The summed E-state index contributed by atoms with van der Waals surface area (Å²) in [7, 11) is 1.87. The van der Waals surface area contributed by atoms with Gasteiger partial charge in [0, 0.05) is 30.1 Å². The minimum atomic E-state index is -0.758. The fraction of sp³-hybridized carbons (Fsp3) is 0.355. The molecule has 1 fully saturated rings. The summed E-state index contributed by atoms with van der Waals surface area (Å²) in [6.07, 6.45) is 9.70. The predicted octanol–water partition coefficient (Wildman–Crippen LogP) is 4.62. The van der Waals surface area contributed by atoms with E-state index in [0.717, 1.165) is 41.5 Å². The number of allylic oxidation sites excluding steroid dienone is 2. The van der Waals surface area contributed by atoms with Crippen molar-refractivity contribution in [2.75, 3.05) is 25.1 Å². The average Bonchev–Trinajstić information content (AvgIpc) is 3.80. The van der Waals surface area contributed by atoms with E-state index < -0.39 is 6.23 Å². The molecule has 7 heteroatoms. The van der Waals surface area contributed by atoms with E-state index in [-0.39, 0.29) is 24.2 Å². The zero-order chi connectivity index (χ0) is 26.8. The molecule has 38 heavy (non-hydrogen) atoms. The maximum atomic E-state index is 12.8. The molecular weight excluding hydrogens is 476 g/mol. The second kappa shape index (κ2) is 11.0. The first kappa shape index (κ1) is 25.9. The topological polar surface area (TPSA) is 89.6 Å². The van der Waals surface area contributed by atoms with E-state index in [2.05, 4.69) is 35.8 Å². The van der Waals surface area contributed by atoms with Crippen LogP contribution in [0.5, 0.6) is 0 Å². The number of hydrogen-bond donors (Lipinski definition) is 2. The zero-order valence-electron chi connectivity index (χ0n) is 22.0. The number of rotatable bonds is 10.